The van der Waals surface area contributed by atoms with Gasteiger partial charge in [-0.3, -0.25) is 4.79 Å². The van der Waals surface area contributed by atoms with Crippen LogP contribution in [0.25, 0.3) is 6.08 Å². The fourth-order valence-corrected chi connectivity index (χ4v) is 2.99. The SMILES string of the molecule is CC(=O)SCC(=Cc1cc(C(=O)O)cnc1Cl)B1OC(C)(C)C(C)(C)O1. The van der Waals surface area contributed by atoms with Gasteiger partial charge < -0.3 is 14.4 Å². The first-order chi connectivity index (χ1) is 11.9. The Morgan fingerprint density at radius 3 is 2.38 bits per heavy atom. The molecule has 0 aromatic carbocycles. The van der Waals surface area contributed by atoms with Gasteiger partial charge in [0.1, 0.15) is 5.15 Å². The zero-order valence-electron chi connectivity index (χ0n) is 15.3. The molecular weight excluding hydrogens is 377 g/mol. The molecule has 0 spiro atoms. The van der Waals surface area contributed by atoms with Crippen LogP contribution in [0.5, 0.6) is 0 Å². The van der Waals surface area contributed by atoms with E-state index in [4.69, 9.17) is 26.0 Å². The van der Waals surface area contributed by atoms with Crippen LogP contribution in [0, 0.1) is 0 Å². The predicted octanol–water partition coefficient (Wildman–Crippen LogP) is 3.73. The van der Waals surface area contributed by atoms with Crippen molar-refractivity contribution in [3.63, 3.8) is 0 Å². The number of aromatic carboxylic acids is 1. The minimum absolute atomic E-state index is 0.0214. The van der Waals surface area contributed by atoms with Crippen molar-refractivity contribution in [2.45, 2.75) is 45.8 Å². The van der Waals surface area contributed by atoms with Gasteiger partial charge in [0, 0.05) is 24.4 Å². The molecule has 26 heavy (non-hydrogen) atoms. The van der Waals surface area contributed by atoms with Gasteiger partial charge in [0.15, 0.2) is 5.12 Å². The van der Waals surface area contributed by atoms with Gasteiger partial charge in [0.2, 0.25) is 0 Å². The van der Waals surface area contributed by atoms with Crippen molar-refractivity contribution < 1.29 is 24.0 Å². The molecule has 9 heteroatoms. The van der Waals surface area contributed by atoms with E-state index in [0.29, 0.717) is 16.8 Å². The van der Waals surface area contributed by atoms with Crippen molar-refractivity contribution in [1.82, 2.24) is 4.98 Å². The third kappa shape index (κ3) is 4.68. The molecule has 0 unspecified atom stereocenters. The average Bonchev–Trinajstić information content (AvgIpc) is 2.72. The van der Waals surface area contributed by atoms with Crippen molar-refractivity contribution in [3.8, 4) is 0 Å². The first-order valence-electron chi connectivity index (χ1n) is 8.01. The Morgan fingerprint density at radius 1 is 1.31 bits per heavy atom. The number of carbonyl (C=O) groups excluding carboxylic acids is 1. The van der Waals surface area contributed by atoms with E-state index in [1.807, 2.05) is 27.7 Å². The minimum atomic E-state index is -1.10. The molecule has 1 aromatic heterocycles. The van der Waals surface area contributed by atoms with E-state index in [1.54, 1.807) is 6.08 Å². The summed E-state index contributed by atoms with van der Waals surface area (Å²) in [6, 6.07) is 1.43. The Hall–Kier alpha value is -1.35. The molecule has 0 aliphatic carbocycles. The van der Waals surface area contributed by atoms with Crippen molar-refractivity contribution in [2.75, 3.05) is 5.75 Å². The number of halogens is 1. The Labute approximate surface area is 162 Å². The van der Waals surface area contributed by atoms with Crippen LogP contribution in [0.3, 0.4) is 0 Å². The maximum absolute atomic E-state index is 11.4. The van der Waals surface area contributed by atoms with Crippen LogP contribution in [-0.4, -0.2) is 45.2 Å². The molecule has 1 aliphatic rings. The summed E-state index contributed by atoms with van der Waals surface area (Å²) in [6.45, 7) is 9.21. The van der Waals surface area contributed by atoms with E-state index in [-0.39, 0.29) is 15.8 Å². The maximum Gasteiger partial charge on any atom is 0.491 e. The average molecular weight is 398 g/mol. The zero-order valence-corrected chi connectivity index (χ0v) is 16.9. The maximum atomic E-state index is 11.4. The van der Waals surface area contributed by atoms with Crippen LogP contribution in [0.1, 0.15) is 50.5 Å². The number of hydrogen-bond acceptors (Lipinski definition) is 6. The van der Waals surface area contributed by atoms with Crippen molar-refractivity contribution in [3.05, 3.63) is 34.0 Å². The zero-order chi connectivity index (χ0) is 19.7. The summed E-state index contributed by atoms with van der Waals surface area (Å²) in [4.78, 5) is 26.5. The van der Waals surface area contributed by atoms with Gasteiger partial charge in [-0.1, -0.05) is 29.4 Å². The summed E-state index contributed by atoms with van der Waals surface area (Å²) >= 11 is 7.24. The van der Waals surface area contributed by atoms with E-state index in [9.17, 15) is 9.59 Å². The summed E-state index contributed by atoms with van der Waals surface area (Å²) in [7, 11) is -0.670. The molecule has 6 nitrogen and oxygen atoms in total. The topological polar surface area (TPSA) is 85.7 Å². The molecule has 0 atom stereocenters. The lowest BCUT2D eigenvalue weighted by Crippen LogP contribution is -2.41. The van der Waals surface area contributed by atoms with Gasteiger partial charge in [-0.2, -0.15) is 0 Å². The number of pyridine rings is 1. The molecule has 1 fully saturated rings. The van der Waals surface area contributed by atoms with Crippen LogP contribution >= 0.6 is 23.4 Å². The van der Waals surface area contributed by atoms with E-state index in [0.717, 1.165) is 11.8 Å². The molecular formula is C17H21BClNO5S. The highest BCUT2D eigenvalue weighted by molar-refractivity contribution is 8.13. The number of carboxylic acid groups (broad SMARTS) is 1. The molecule has 0 bridgehead atoms. The third-order valence-electron chi connectivity index (χ3n) is 4.45. The second-order valence-electron chi connectivity index (χ2n) is 7.00. The number of carbonyl (C=O) groups is 2. The van der Waals surface area contributed by atoms with Gasteiger partial charge in [-0.25, -0.2) is 9.78 Å². The van der Waals surface area contributed by atoms with Crippen molar-refractivity contribution in [2.24, 2.45) is 0 Å². The number of carboxylic acids is 1. The molecule has 140 valence electrons. The third-order valence-corrected chi connectivity index (χ3v) is 5.65. The Kier molecular flexibility index (Phi) is 6.22. The van der Waals surface area contributed by atoms with Crippen LogP contribution in [0.15, 0.2) is 17.7 Å². The fourth-order valence-electron chi connectivity index (χ4n) is 2.24. The monoisotopic (exact) mass is 397 g/mol. The van der Waals surface area contributed by atoms with Crippen molar-refractivity contribution in [1.29, 1.82) is 0 Å². The van der Waals surface area contributed by atoms with Gasteiger partial charge in [-0.05, 0) is 39.2 Å². The number of thioether (sulfide) groups is 1. The highest BCUT2D eigenvalue weighted by Gasteiger charge is 2.52. The van der Waals surface area contributed by atoms with E-state index >= 15 is 0 Å². The van der Waals surface area contributed by atoms with Crippen LogP contribution in [-0.2, 0) is 14.1 Å². The molecule has 0 radical (unpaired) electrons. The van der Waals surface area contributed by atoms with Crippen LogP contribution < -0.4 is 0 Å². The second kappa shape index (κ2) is 7.72. The summed E-state index contributed by atoms with van der Waals surface area (Å²) < 4.78 is 12.1. The first kappa shape index (κ1) is 21.0. The van der Waals surface area contributed by atoms with Gasteiger partial charge in [-0.15, -0.1) is 0 Å². The summed E-state index contributed by atoms with van der Waals surface area (Å²) in [6.07, 6.45) is 2.88. The summed E-state index contributed by atoms with van der Waals surface area (Å²) in [5.41, 5.74) is 0.0502. The Morgan fingerprint density at radius 2 is 1.88 bits per heavy atom. The molecule has 2 heterocycles. The number of aromatic nitrogens is 1. The van der Waals surface area contributed by atoms with Crippen LogP contribution in [0.2, 0.25) is 5.15 Å². The van der Waals surface area contributed by atoms with E-state index in [2.05, 4.69) is 4.98 Å². The van der Waals surface area contributed by atoms with Gasteiger partial charge >= 0.3 is 13.1 Å². The fraction of sp³-hybridized carbons (Fsp3) is 0.471. The lowest BCUT2D eigenvalue weighted by atomic mass is 9.78. The Bertz CT molecular complexity index is 750. The molecule has 2 rings (SSSR count). The van der Waals surface area contributed by atoms with Gasteiger partial charge in [0.05, 0.1) is 16.8 Å². The summed E-state index contributed by atoms with van der Waals surface area (Å²) in [5.74, 6) is -0.765. The normalized spacial score (nSPS) is 18.8. The molecule has 0 amide bonds. The van der Waals surface area contributed by atoms with Crippen LogP contribution in [0.4, 0.5) is 0 Å². The lowest BCUT2D eigenvalue weighted by molar-refractivity contribution is -0.109. The molecule has 1 saturated heterocycles. The Balaban J connectivity index is 2.42. The molecule has 1 N–H and O–H groups in total. The second-order valence-corrected chi connectivity index (χ2v) is 8.51. The molecule has 1 aliphatic heterocycles. The predicted molar refractivity (Wildman–Crippen MR) is 103 cm³/mol. The quantitative estimate of drug-likeness (QED) is 0.598. The van der Waals surface area contributed by atoms with E-state index in [1.165, 1.54) is 19.2 Å². The van der Waals surface area contributed by atoms with E-state index < -0.39 is 24.3 Å². The standard InChI is InChI=1S/C17H21BClNO5S/c1-10(21)26-9-13(18-24-16(2,3)17(4,5)25-18)7-11-6-12(15(22)23)8-20-14(11)19/h6-8H,9H2,1-5H3,(H,22,23). The number of hydrogen-bond donors (Lipinski definition) is 1. The smallest absolute Gasteiger partial charge is 0.478 e. The largest absolute Gasteiger partial charge is 0.491 e. The number of rotatable bonds is 5. The summed E-state index contributed by atoms with van der Waals surface area (Å²) in [5, 5.41) is 9.28. The lowest BCUT2D eigenvalue weighted by Gasteiger charge is -2.32. The van der Waals surface area contributed by atoms with Crippen molar-refractivity contribution >= 4 is 47.6 Å². The molecule has 1 aromatic rings. The highest BCUT2D eigenvalue weighted by Crippen LogP contribution is 2.39. The highest BCUT2D eigenvalue weighted by atomic mass is 35.5. The minimum Gasteiger partial charge on any atom is -0.478 e. The first-order valence-corrected chi connectivity index (χ1v) is 9.37. The molecule has 0 saturated carbocycles. The van der Waals surface area contributed by atoms with Gasteiger partial charge in [0.25, 0.3) is 0 Å². The number of nitrogens with zero attached hydrogens (tertiary/aromatic N) is 1.